The third kappa shape index (κ3) is 3.38. The summed E-state index contributed by atoms with van der Waals surface area (Å²) >= 11 is 5.90. The molecule has 0 aliphatic carbocycles. The third-order valence-electron chi connectivity index (χ3n) is 4.25. The molecule has 2 aromatic rings. The molecule has 1 amide bonds. The van der Waals surface area contributed by atoms with E-state index in [-0.39, 0.29) is 17.8 Å². The van der Waals surface area contributed by atoms with Gasteiger partial charge in [-0.25, -0.2) is 4.39 Å². The van der Waals surface area contributed by atoms with Crippen LogP contribution in [0.3, 0.4) is 0 Å². The van der Waals surface area contributed by atoms with Crippen LogP contribution in [0.25, 0.3) is 0 Å². The van der Waals surface area contributed by atoms with Crippen LogP contribution in [-0.4, -0.2) is 29.9 Å². The van der Waals surface area contributed by atoms with Gasteiger partial charge in [0.25, 0.3) is 0 Å². The third-order valence-corrected chi connectivity index (χ3v) is 4.50. The van der Waals surface area contributed by atoms with Crippen LogP contribution < -0.4 is 4.90 Å². The molecule has 1 atom stereocenters. The number of halogens is 2. The topological polar surface area (TPSA) is 23.6 Å². The van der Waals surface area contributed by atoms with E-state index >= 15 is 0 Å². The number of anilines is 1. The van der Waals surface area contributed by atoms with E-state index in [0.29, 0.717) is 30.2 Å². The highest BCUT2D eigenvalue weighted by atomic mass is 35.5. The Morgan fingerprint density at radius 2 is 1.83 bits per heavy atom. The van der Waals surface area contributed by atoms with Gasteiger partial charge in [-0.2, -0.15) is 0 Å². The van der Waals surface area contributed by atoms with Gasteiger partial charge in [0.15, 0.2) is 0 Å². The molecular weight excluding hydrogens is 315 g/mol. The summed E-state index contributed by atoms with van der Waals surface area (Å²) in [4.78, 5) is 16.4. The number of amides is 1. The van der Waals surface area contributed by atoms with Crippen LogP contribution in [0.2, 0.25) is 5.02 Å². The van der Waals surface area contributed by atoms with Crippen molar-refractivity contribution in [2.24, 2.45) is 0 Å². The number of hydrogen-bond acceptors (Lipinski definition) is 2. The number of nitrogens with zero attached hydrogens (tertiary/aromatic N) is 2. The Morgan fingerprint density at radius 3 is 2.52 bits per heavy atom. The van der Waals surface area contributed by atoms with E-state index in [1.54, 1.807) is 29.2 Å². The Bertz CT molecular complexity index is 704. The molecule has 0 spiro atoms. The number of carbonyl (C=O) groups is 1. The minimum atomic E-state index is -0.293. The summed E-state index contributed by atoms with van der Waals surface area (Å²) in [5.74, 6) is -0.206. The van der Waals surface area contributed by atoms with Crippen molar-refractivity contribution >= 4 is 23.2 Å². The zero-order chi connectivity index (χ0) is 16.4. The van der Waals surface area contributed by atoms with E-state index in [1.165, 1.54) is 6.07 Å². The largest absolute Gasteiger partial charge is 0.310 e. The van der Waals surface area contributed by atoms with Gasteiger partial charge in [-0.1, -0.05) is 29.8 Å². The molecule has 5 heteroatoms. The van der Waals surface area contributed by atoms with Crippen LogP contribution in [0.4, 0.5) is 10.1 Å². The Balaban J connectivity index is 1.73. The van der Waals surface area contributed by atoms with Gasteiger partial charge in [-0.15, -0.1) is 0 Å². The maximum absolute atomic E-state index is 13.8. The average molecular weight is 333 g/mol. The molecule has 3 rings (SSSR count). The Kier molecular flexibility index (Phi) is 4.64. The first kappa shape index (κ1) is 16.0. The fourth-order valence-electron chi connectivity index (χ4n) is 2.85. The van der Waals surface area contributed by atoms with Gasteiger partial charge in [-0.05, 0) is 37.3 Å². The maximum Gasteiger partial charge on any atom is 0.244 e. The van der Waals surface area contributed by atoms with E-state index in [2.05, 4.69) is 0 Å². The molecule has 1 aliphatic heterocycles. The van der Waals surface area contributed by atoms with Crippen LogP contribution in [0.5, 0.6) is 0 Å². The molecule has 1 aliphatic rings. The number of benzene rings is 2. The van der Waals surface area contributed by atoms with Crippen molar-refractivity contribution in [1.82, 2.24) is 4.90 Å². The Morgan fingerprint density at radius 1 is 1.13 bits per heavy atom. The Labute approximate surface area is 140 Å². The second-order valence-electron chi connectivity index (χ2n) is 5.70. The summed E-state index contributed by atoms with van der Waals surface area (Å²) in [5.41, 5.74) is 1.46. The normalized spacial score (nSPS) is 19.2. The predicted molar refractivity (Wildman–Crippen MR) is 90.1 cm³/mol. The number of rotatable bonds is 3. The molecule has 3 nitrogen and oxygen atoms in total. The van der Waals surface area contributed by atoms with Crippen LogP contribution in [-0.2, 0) is 11.3 Å². The van der Waals surface area contributed by atoms with Gasteiger partial charge >= 0.3 is 0 Å². The van der Waals surface area contributed by atoms with Crippen molar-refractivity contribution in [1.29, 1.82) is 0 Å². The Hall–Kier alpha value is -1.91. The average Bonchev–Trinajstić information content (AvgIpc) is 2.55. The maximum atomic E-state index is 13.8. The molecule has 0 radical (unpaired) electrons. The highest BCUT2D eigenvalue weighted by Gasteiger charge is 2.32. The SMILES string of the molecule is C[C@H]1C(=O)N(c2ccc(Cl)cc2)CCN1Cc1ccccc1F. The molecule has 1 fully saturated rings. The smallest absolute Gasteiger partial charge is 0.244 e. The highest BCUT2D eigenvalue weighted by molar-refractivity contribution is 6.30. The van der Waals surface area contributed by atoms with Gasteiger partial charge in [0.05, 0.1) is 6.04 Å². The van der Waals surface area contributed by atoms with Gasteiger partial charge in [0.1, 0.15) is 5.82 Å². The zero-order valence-corrected chi connectivity index (χ0v) is 13.6. The summed E-state index contributed by atoms with van der Waals surface area (Å²) in [6.45, 7) is 3.59. The van der Waals surface area contributed by atoms with Crippen LogP contribution >= 0.6 is 11.6 Å². The van der Waals surface area contributed by atoms with Gasteiger partial charge in [0, 0.05) is 35.9 Å². The number of carbonyl (C=O) groups excluding carboxylic acids is 1. The summed E-state index contributed by atoms with van der Waals surface area (Å²) in [6.07, 6.45) is 0. The van der Waals surface area contributed by atoms with E-state index in [9.17, 15) is 9.18 Å². The molecule has 0 unspecified atom stereocenters. The fraction of sp³-hybridized carbons (Fsp3) is 0.278. The molecule has 1 saturated heterocycles. The quantitative estimate of drug-likeness (QED) is 0.855. The summed E-state index contributed by atoms with van der Waals surface area (Å²) < 4.78 is 13.8. The van der Waals surface area contributed by atoms with Crippen molar-refractivity contribution in [2.45, 2.75) is 19.5 Å². The molecule has 0 N–H and O–H groups in total. The molecule has 0 aromatic heterocycles. The van der Waals surface area contributed by atoms with E-state index in [4.69, 9.17) is 11.6 Å². The molecule has 23 heavy (non-hydrogen) atoms. The van der Waals surface area contributed by atoms with Crippen LogP contribution in [0.15, 0.2) is 48.5 Å². The lowest BCUT2D eigenvalue weighted by atomic mass is 10.1. The molecule has 0 bridgehead atoms. The van der Waals surface area contributed by atoms with E-state index in [0.717, 1.165) is 5.69 Å². The van der Waals surface area contributed by atoms with Crippen molar-refractivity contribution in [3.8, 4) is 0 Å². The minimum absolute atomic E-state index is 0.0231. The second-order valence-corrected chi connectivity index (χ2v) is 6.14. The molecule has 2 aromatic carbocycles. The van der Waals surface area contributed by atoms with Crippen molar-refractivity contribution < 1.29 is 9.18 Å². The summed E-state index contributed by atoms with van der Waals surface area (Å²) in [6, 6.07) is 13.7. The van der Waals surface area contributed by atoms with Crippen LogP contribution in [0, 0.1) is 5.82 Å². The van der Waals surface area contributed by atoms with E-state index in [1.807, 2.05) is 30.0 Å². The van der Waals surface area contributed by atoms with Gasteiger partial charge in [-0.3, -0.25) is 9.69 Å². The molecular formula is C18H18ClFN2O. The number of hydrogen-bond donors (Lipinski definition) is 0. The first-order valence-electron chi connectivity index (χ1n) is 7.60. The fourth-order valence-corrected chi connectivity index (χ4v) is 2.98. The second kappa shape index (κ2) is 6.69. The van der Waals surface area contributed by atoms with Crippen LogP contribution in [0.1, 0.15) is 12.5 Å². The lowest BCUT2D eigenvalue weighted by Gasteiger charge is -2.39. The monoisotopic (exact) mass is 332 g/mol. The lowest BCUT2D eigenvalue weighted by molar-refractivity contribution is -0.125. The van der Waals surface area contributed by atoms with Crippen molar-refractivity contribution in [3.63, 3.8) is 0 Å². The highest BCUT2D eigenvalue weighted by Crippen LogP contribution is 2.23. The zero-order valence-electron chi connectivity index (χ0n) is 12.9. The van der Waals surface area contributed by atoms with Gasteiger partial charge in [0.2, 0.25) is 5.91 Å². The predicted octanol–water partition coefficient (Wildman–Crippen LogP) is 3.72. The summed E-state index contributed by atoms with van der Waals surface area (Å²) in [5, 5.41) is 0.646. The van der Waals surface area contributed by atoms with E-state index < -0.39 is 0 Å². The van der Waals surface area contributed by atoms with Gasteiger partial charge < -0.3 is 4.90 Å². The standard InChI is InChI=1S/C18H18ClFN2O/c1-13-18(23)22(16-8-6-15(19)7-9-16)11-10-21(13)12-14-4-2-3-5-17(14)20/h2-9,13H,10-12H2,1H3/t13-/m0/s1. The van der Waals surface area contributed by atoms with Crippen molar-refractivity contribution in [2.75, 3.05) is 18.0 Å². The molecule has 1 heterocycles. The minimum Gasteiger partial charge on any atom is -0.310 e. The lowest BCUT2D eigenvalue weighted by Crippen LogP contribution is -2.55. The van der Waals surface area contributed by atoms with Crippen molar-refractivity contribution in [3.05, 3.63) is 64.9 Å². The molecule has 120 valence electrons. The molecule has 0 saturated carbocycles. The number of piperazine rings is 1. The first-order valence-corrected chi connectivity index (χ1v) is 7.98. The first-order chi connectivity index (χ1) is 11.1. The summed E-state index contributed by atoms with van der Waals surface area (Å²) in [7, 11) is 0.